The Morgan fingerprint density at radius 1 is 1.33 bits per heavy atom. The first-order chi connectivity index (χ1) is 12.3. The SMILES string of the molecule is Cl.O=C(Nc1cccc(COCC(F)(F)C(F)F)c1)C1CC12CCNCC2. The molecule has 0 radical (unpaired) electrons. The predicted molar refractivity (Wildman–Crippen MR) is 95.6 cm³/mol. The van der Waals surface area contributed by atoms with Gasteiger partial charge in [-0.2, -0.15) is 8.78 Å². The first kappa shape index (κ1) is 21.9. The average molecular weight is 411 g/mol. The van der Waals surface area contributed by atoms with Crippen molar-refractivity contribution >= 4 is 24.0 Å². The van der Waals surface area contributed by atoms with Gasteiger partial charge < -0.3 is 15.4 Å². The summed E-state index contributed by atoms with van der Waals surface area (Å²) >= 11 is 0. The van der Waals surface area contributed by atoms with Crippen molar-refractivity contribution in [2.75, 3.05) is 25.0 Å². The van der Waals surface area contributed by atoms with Gasteiger partial charge in [0.15, 0.2) is 0 Å². The minimum Gasteiger partial charge on any atom is -0.370 e. The second-order valence-electron chi connectivity index (χ2n) is 7.11. The van der Waals surface area contributed by atoms with E-state index in [-0.39, 0.29) is 36.3 Å². The summed E-state index contributed by atoms with van der Waals surface area (Å²) in [5.74, 6) is -4.19. The van der Waals surface area contributed by atoms with E-state index >= 15 is 0 Å². The predicted octanol–water partition coefficient (Wildman–Crippen LogP) is 3.85. The van der Waals surface area contributed by atoms with Crippen molar-refractivity contribution in [3.05, 3.63) is 29.8 Å². The number of rotatable bonds is 7. The summed E-state index contributed by atoms with van der Waals surface area (Å²) in [5.41, 5.74) is 1.20. The minimum atomic E-state index is -4.17. The molecule has 1 amide bonds. The number of amides is 1. The van der Waals surface area contributed by atoms with Gasteiger partial charge in [0.05, 0.1) is 6.61 Å². The van der Waals surface area contributed by atoms with E-state index in [9.17, 15) is 22.4 Å². The van der Waals surface area contributed by atoms with Crippen LogP contribution in [0.25, 0.3) is 0 Å². The number of anilines is 1. The molecule has 152 valence electrons. The molecule has 0 bridgehead atoms. The monoisotopic (exact) mass is 410 g/mol. The molecule has 0 aromatic heterocycles. The van der Waals surface area contributed by atoms with Gasteiger partial charge in [0.1, 0.15) is 6.61 Å². The Balaban J connectivity index is 0.00000261. The third-order valence-corrected chi connectivity index (χ3v) is 5.18. The van der Waals surface area contributed by atoms with E-state index in [1.54, 1.807) is 24.3 Å². The van der Waals surface area contributed by atoms with Crippen molar-refractivity contribution in [2.45, 2.75) is 38.2 Å². The number of carbonyl (C=O) groups is 1. The van der Waals surface area contributed by atoms with Crippen molar-refractivity contribution in [3.63, 3.8) is 0 Å². The molecule has 2 fully saturated rings. The zero-order valence-electron chi connectivity index (χ0n) is 14.7. The molecule has 27 heavy (non-hydrogen) atoms. The van der Waals surface area contributed by atoms with Gasteiger partial charge in [-0.05, 0) is 55.5 Å². The highest BCUT2D eigenvalue weighted by atomic mass is 35.5. The molecule has 1 atom stereocenters. The van der Waals surface area contributed by atoms with Gasteiger partial charge in [0.25, 0.3) is 0 Å². The highest BCUT2D eigenvalue weighted by Gasteiger charge is 2.57. The summed E-state index contributed by atoms with van der Waals surface area (Å²) < 4.78 is 54.6. The lowest BCUT2D eigenvalue weighted by atomic mass is 9.92. The molecule has 4 nitrogen and oxygen atoms in total. The standard InChI is InChI=1S/C18H22F4N2O2.ClH/c19-16(20)18(21,22)11-26-10-12-2-1-3-13(8-12)24-15(25)14-9-17(14)4-6-23-7-5-17;/h1-3,8,14,16,23H,4-7,9-11H2,(H,24,25);1H. The average Bonchev–Trinajstić information content (AvgIpc) is 3.29. The fourth-order valence-corrected chi connectivity index (χ4v) is 3.53. The van der Waals surface area contributed by atoms with Crippen LogP contribution in [0, 0.1) is 11.3 Å². The summed E-state index contributed by atoms with van der Waals surface area (Å²) in [6.07, 6.45) is -0.866. The third-order valence-electron chi connectivity index (χ3n) is 5.18. The molecule has 3 rings (SSSR count). The first-order valence-electron chi connectivity index (χ1n) is 8.67. The van der Waals surface area contributed by atoms with Crippen LogP contribution in [-0.4, -0.2) is 38.0 Å². The van der Waals surface area contributed by atoms with Crippen molar-refractivity contribution in [1.82, 2.24) is 5.32 Å². The lowest BCUT2D eigenvalue weighted by molar-refractivity contribution is -0.168. The van der Waals surface area contributed by atoms with Crippen LogP contribution in [0.2, 0.25) is 0 Å². The van der Waals surface area contributed by atoms with Crippen LogP contribution in [0.5, 0.6) is 0 Å². The molecule has 9 heteroatoms. The molecule has 1 aromatic carbocycles. The summed E-state index contributed by atoms with van der Waals surface area (Å²) in [7, 11) is 0. The number of alkyl halides is 4. The van der Waals surface area contributed by atoms with Gasteiger partial charge in [-0.1, -0.05) is 12.1 Å². The maximum Gasteiger partial charge on any atom is 0.330 e. The zero-order chi connectivity index (χ0) is 18.8. The third kappa shape index (κ3) is 5.33. The molecular formula is C18H23ClF4N2O2. The fourth-order valence-electron chi connectivity index (χ4n) is 3.53. The zero-order valence-corrected chi connectivity index (χ0v) is 15.5. The molecule has 1 aliphatic heterocycles. The Kier molecular flexibility index (Phi) is 7.10. The van der Waals surface area contributed by atoms with Crippen LogP contribution in [0.1, 0.15) is 24.8 Å². The maximum absolute atomic E-state index is 12.8. The molecule has 1 spiro atoms. The molecule has 1 heterocycles. The quantitative estimate of drug-likeness (QED) is 0.671. The number of carbonyl (C=O) groups excluding carboxylic acids is 1. The summed E-state index contributed by atoms with van der Waals surface area (Å²) in [6.45, 7) is 0.282. The maximum atomic E-state index is 12.8. The topological polar surface area (TPSA) is 50.4 Å². The van der Waals surface area contributed by atoms with Gasteiger partial charge in [-0.3, -0.25) is 4.79 Å². The molecular weight excluding hydrogens is 388 g/mol. The van der Waals surface area contributed by atoms with E-state index in [0.717, 1.165) is 32.4 Å². The number of ether oxygens (including phenoxy) is 1. The highest BCUT2D eigenvalue weighted by Crippen LogP contribution is 2.58. The largest absolute Gasteiger partial charge is 0.370 e. The number of nitrogens with one attached hydrogen (secondary N) is 2. The van der Waals surface area contributed by atoms with Gasteiger partial charge in [-0.25, -0.2) is 8.78 Å². The second kappa shape index (κ2) is 8.75. The Hall–Kier alpha value is -1.38. The van der Waals surface area contributed by atoms with Crippen LogP contribution >= 0.6 is 12.4 Å². The van der Waals surface area contributed by atoms with Crippen molar-refractivity contribution in [2.24, 2.45) is 11.3 Å². The van der Waals surface area contributed by atoms with Crippen LogP contribution in [0.4, 0.5) is 23.2 Å². The van der Waals surface area contributed by atoms with Gasteiger partial charge in [-0.15, -0.1) is 12.4 Å². The highest BCUT2D eigenvalue weighted by molar-refractivity contribution is 5.95. The number of hydrogen-bond acceptors (Lipinski definition) is 3. The van der Waals surface area contributed by atoms with Crippen LogP contribution < -0.4 is 10.6 Å². The Labute approximate surface area is 161 Å². The first-order valence-corrected chi connectivity index (χ1v) is 8.67. The minimum absolute atomic E-state index is 0. The molecule has 1 saturated carbocycles. The Morgan fingerprint density at radius 2 is 2.04 bits per heavy atom. The molecule has 1 unspecified atom stereocenters. The number of hydrogen-bond donors (Lipinski definition) is 2. The van der Waals surface area contributed by atoms with Crippen molar-refractivity contribution in [1.29, 1.82) is 0 Å². The van der Waals surface area contributed by atoms with Crippen molar-refractivity contribution in [3.8, 4) is 0 Å². The van der Waals surface area contributed by atoms with E-state index in [4.69, 9.17) is 4.74 Å². The second-order valence-corrected chi connectivity index (χ2v) is 7.11. The van der Waals surface area contributed by atoms with Gasteiger partial charge in [0, 0.05) is 11.6 Å². The summed E-state index contributed by atoms with van der Waals surface area (Å²) in [6, 6.07) is 6.59. The summed E-state index contributed by atoms with van der Waals surface area (Å²) in [4.78, 5) is 12.4. The van der Waals surface area contributed by atoms with E-state index < -0.39 is 19.0 Å². The van der Waals surface area contributed by atoms with E-state index in [1.165, 1.54) is 0 Å². The molecule has 1 saturated heterocycles. The molecule has 2 aliphatic rings. The van der Waals surface area contributed by atoms with Crippen LogP contribution in [0.15, 0.2) is 24.3 Å². The Morgan fingerprint density at radius 3 is 2.70 bits per heavy atom. The van der Waals surface area contributed by atoms with E-state index in [2.05, 4.69) is 10.6 Å². The normalized spacial score (nSPS) is 21.0. The van der Waals surface area contributed by atoms with Crippen LogP contribution in [-0.2, 0) is 16.1 Å². The van der Waals surface area contributed by atoms with Crippen LogP contribution in [0.3, 0.4) is 0 Å². The molecule has 2 N–H and O–H groups in total. The number of piperidine rings is 1. The lowest BCUT2D eigenvalue weighted by Crippen LogP contribution is -2.32. The number of halogens is 5. The van der Waals surface area contributed by atoms with E-state index in [1.807, 2.05) is 0 Å². The molecule has 1 aromatic rings. The van der Waals surface area contributed by atoms with E-state index in [0.29, 0.717) is 11.3 Å². The smallest absolute Gasteiger partial charge is 0.330 e. The van der Waals surface area contributed by atoms with Gasteiger partial charge >= 0.3 is 12.3 Å². The number of benzene rings is 1. The van der Waals surface area contributed by atoms with Crippen molar-refractivity contribution < 1.29 is 27.1 Å². The Bertz CT molecular complexity index is 654. The summed E-state index contributed by atoms with van der Waals surface area (Å²) in [5, 5.41) is 6.15. The molecule has 1 aliphatic carbocycles. The lowest BCUT2D eigenvalue weighted by Gasteiger charge is -2.23. The van der Waals surface area contributed by atoms with Gasteiger partial charge in [0.2, 0.25) is 5.91 Å². The fraction of sp³-hybridized carbons (Fsp3) is 0.611.